The van der Waals surface area contributed by atoms with E-state index in [1.807, 2.05) is 0 Å². The normalized spacial score (nSPS) is 15.2. The molecule has 0 fully saturated rings. The molecule has 6 atom stereocenters. The van der Waals surface area contributed by atoms with Crippen molar-refractivity contribution in [2.45, 2.75) is 75.8 Å². The largest absolute Gasteiger partial charge is 0.481 e. The van der Waals surface area contributed by atoms with E-state index in [1.54, 1.807) is 0 Å². The Morgan fingerprint density at radius 1 is 0.650 bits per heavy atom. The fourth-order valence-electron chi connectivity index (χ4n) is 3.03. The fraction of sp³-hybridized carbons (Fsp3) is 0.682. The molecule has 0 aromatic rings. The van der Waals surface area contributed by atoms with Crippen LogP contribution in [0.15, 0.2) is 0 Å². The van der Waals surface area contributed by atoms with E-state index in [4.69, 9.17) is 26.8 Å². The zero-order valence-electron chi connectivity index (χ0n) is 22.2. The Labute approximate surface area is 229 Å². The first-order valence-electron chi connectivity index (χ1n) is 12.3. The van der Waals surface area contributed by atoms with Gasteiger partial charge in [0.05, 0.1) is 19.6 Å². The average molecular weight is 578 g/mol. The number of aliphatic hydroxyl groups is 2. The second kappa shape index (κ2) is 18.4. The molecular formula is C22H39N7O11. The van der Waals surface area contributed by atoms with E-state index in [-0.39, 0.29) is 13.0 Å². The highest BCUT2D eigenvalue weighted by Gasteiger charge is 2.32. The molecule has 0 saturated carbocycles. The van der Waals surface area contributed by atoms with Crippen LogP contribution in [0, 0.1) is 0 Å². The fourth-order valence-corrected chi connectivity index (χ4v) is 3.03. The first kappa shape index (κ1) is 36.1. The molecule has 0 spiro atoms. The average Bonchev–Trinajstić information content (AvgIpc) is 2.89. The van der Waals surface area contributed by atoms with Gasteiger partial charge >= 0.3 is 11.9 Å². The first-order chi connectivity index (χ1) is 18.7. The van der Waals surface area contributed by atoms with E-state index in [9.17, 15) is 38.7 Å². The summed E-state index contributed by atoms with van der Waals surface area (Å²) in [6.45, 7) is 1.04. The van der Waals surface area contributed by atoms with Gasteiger partial charge in [-0.3, -0.25) is 33.6 Å². The summed E-state index contributed by atoms with van der Waals surface area (Å²) in [4.78, 5) is 84.6. The Morgan fingerprint density at radius 3 is 1.65 bits per heavy atom. The van der Waals surface area contributed by atoms with Gasteiger partial charge in [-0.05, 0) is 39.7 Å². The molecule has 5 amide bonds. The highest BCUT2D eigenvalue weighted by Crippen LogP contribution is 2.04. The van der Waals surface area contributed by atoms with Gasteiger partial charge < -0.3 is 58.5 Å². The lowest BCUT2D eigenvalue weighted by atomic mass is 10.1. The third kappa shape index (κ3) is 13.3. The van der Waals surface area contributed by atoms with Crippen LogP contribution in [0.25, 0.3) is 0 Å². The number of amides is 5. The van der Waals surface area contributed by atoms with Crippen molar-refractivity contribution in [2.24, 2.45) is 11.5 Å². The maximum absolute atomic E-state index is 13.0. The lowest BCUT2D eigenvalue weighted by Crippen LogP contribution is -2.59. The molecule has 0 aliphatic rings. The van der Waals surface area contributed by atoms with Crippen molar-refractivity contribution in [3.8, 4) is 0 Å². The first-order valence-corrected chi connectivity index (χ1v) is 12.3. The maximum atomic E-state index is 13.0. The highest BCUT2D eigenvalue weighted by molar-refractivity contribution is 5.97. The van der Waals surface area contributed by atoms with Crippen molar-refractivity contribution in [1.29, 1.82) is 0 Å². The Balaban J connectivity index is 5.59. The van der Waals surface area contributed by atoms with Crippen LogP contribution in [-0.2, 0) is 33.6 Å². The summed E-state index contributed by atoms with van der Waals surface area (Å²) in [7, 11) is 0. The summed E-state index contributed by atoms with van der Waals surface area (Å²) in [5, 5.41) is 47.6. The maximum Gasteiger partial charge on any atom is 0.325 e. The molecule has 0 heterocycles. The summed E-state index contributed by atoms with van der Waals surface area (Å²) in [6.07, 6.45) is -0.182. The Kier molecular flexibility index (Phi) is 16.6. The van der Waals surface area contributed by atoms with Gasteiger partial charge in [-0.15, -0.1) is 0 Å². The number of unbranched alkanes of at least 4 members (excludes halogenated alkanes) is 1. The molecule has 0 aliphatic heterocycles. The topological polar surface area (TPSA) is 313 Å². The quantitative estimate of drug-likeness (QED) is 0.0639. The lowest BCUT2D eigenvalue weighted by Gasteiger charge is -2.25. The van der Waals surface area contributed by atoms with Crippen molar-refractivity contribution >= 4 is 41.5 Å². The molecule has 0 bridgehead atoms. The van der Waals surface area contributed by atoms with Crippen molar-refractivity contribution in [3.63, 3.8) is 0 Å². The minimum atomic E-state index is -1.69. The highest BCUT2D eigenvalue weighted by atomic mass is 16.4. The lowest BCUT2D eigenvalue weighted by molar-refractivity contribution is -0.143. The number of carboxylic acid groups (broad SMARTS) is 2. The number of rotatable bonds is 19. The molecule has 0 rings (SSSR count). The summed E-state index contributed by atoms with van der Waals surface area (Å²) in [6, 6.07) is -8.55. The van der Waals surface area contributed by atoms with Crippen LogP contribution in [0.4, 0.5) is 0 Å². The van der Waals surface area contributed by atoms with Crippen molar-refractivity contribution in [1.82, 2.24) is 26.6 Å². The number of nitrogens with one attached hydrogen (secondary N) is 5. The summed E-state index contributed by atoms with van der Waals surface area (Å²) in [5.74, 6) is -7.72. The van der Waals surface area contributed by atoms with E-state index >= 15 is 0 Å². The molecule has 0 aromatic carbocycles. The number of carboxylic acids is 2. The van der Waals surface area contributed by atoms with Crippen LogP contribution >= 0.6 is 0 Å². The second-order valence-corrected chi connectivity index (χ2v) is 8.84. The Bertz CT molecular complexity index is 918. The predicted molar refractivity (Wildman–Crippen MR) is 136 cm³/mol. The minimum absolute atomic E-state index is 0.0285. The number of hydrogen-bond donors (Lipinski definition) is 11. The number of aliphatic hydroxyl groups excluding tert-OH is 2. The molecule has 18 heteroatoms. The van der Waals surface area contributed by atoms with Crippen LogP contribution in [0.5, 0.6) is 0 Å². The molecule has 0 aromatic heterocycles. The molecule has 0 aliphatic carbocycles. The number of carbonyl (C=O) groups excluding carboxylic acids is 5. The summed E-state index contributed by atoms with van der Waals surface area (Å²) < 4.78 is 0. The predicted octanol–water partition coefficient (Wildman–Crippen LogP) is -5.55. The molecule has 0 radical (unpaired) electrons. The van der Waals surface area contributed by atoms with Gasteiger partial charge in [0.1, 0.15) is 36.3 Å². The summed E-state index contributed by atoms with van der Waals surface area (Å²) >= 11 is 0. The minimum Gasteiger partial charge on any atom is -0.481 e. The van der Waals surface area contributed by atoms with Crippen LogP contribution in [0.2, 0.25) is 0 Å². The molecule has 40 heavy (non-hydrogen) atoms. The van der Waals surface area contributed by atoms with Gasteiger partial charge in [-0.1, -0.05) is 0 Å². The number of nitrogens with two attached hydrogens (primary N) is 2. The monoisotopic (exact) mass is 577 g/mol. The van der Waals surface area contributed by atoms with Crippen molar-refractivity contribution in [3.05, 3.63) is 0 Å². The Hall–Kier alpha value is -3.87. The van der Waals surface area contributed by atoms with Crippen molar-refractivity contribution in [2.75, 3.05) is 19.8 Å². The zero-order valence-corrected chi connectivity index (χ0v) is 22.2. The number of carbonyl (C=O) groups is 7. The van der Waals surface area contributed by atoms with E-state index in [1.165, 1.54) is 6.92 Å². The molecule has 0 saturated heterocycles. The van der Waals surface area contributed by atoms with E-state index in [2.05, 4.69) is 26.6 Å². The van der Waals surface area contributed by atoms with Crippen LogP contribution < -0.4 is 38.1 Å². The third-order valence-electron chi connectivity index (χ3n) is 5.42. The Morgan fingerprint density at radius 2 is 1.15 bits per heavy atom. The van der Waals surface area contributed by atoms with Gasteiger partial charge in [0.25, 0.3) is 0 Å². The molecule has 13 N–H and O–H groups in total. The van der Waals surface area contributed by atoms with Crippen molar-refractivity contribution < 1.29 is 54.0 Å². The zero-order chi connectivity index (χ0) is 31.0. The molecular weight excluding hydrogens is 538 g/mol. The van der Waals surface area contributed by atoms with Gasteiger partial charge in [-0.2, -0.15) is 0 Å². The standard InChI is InChI=1S/C22H39N7O11/c1-10(25-18(35)12(24)8-30)17(34)29-15(9-31)21(38)27-13(5-3-4-6-23)19(36)28-14(7-16(32)33)20(37)26-11(2)22(39)40/h10-15,30-31H,3-9,23-24H2,1-2H3,(H,25,35)(H,26,37)(H,27,38)(H,28,36)(H,29,34)(H,32,33)(H,39,40)/t10-,11-,12-,13-,14-,15-/m0/s1. The van der Waals surface area contributed by atoms with Crippen LogP contribution in [-0.4, -0.2) is 118 Å². The van der Waals surface area contributed by atoms with Gasteiger partial charge in [-0.25, -0.2) is 0 Å². The second-order valence-electron chi connectivity index (χ2n) is 8.84. The molecule has 228 valence electrons. The summed E-state index contributed by atoms with van der Waals surface area (Å²) in [5.41, 5.74) is 10.8. The van der Waals surface area contributed by atoms with E-state index in [0.717, 1.165) is 6.92 Å². The van der Waals surface area contributed by atoms with Crippen LogP contribution in [0.1, 0.15) is 39.5 Å². The van der Waals surface area contributed by atoms with Crippen LogP contribution in [0.3, 0.4) is 0 Å². The van der Waals surface area contributed by atoms with Gasteiger partial charge in [0.2, 0.25) is 29.5 Å². The van der Waals surface area contributed by atoms with Gasteiger partial charge in [0.15, 0.2) is 0 Å². The van der Waals surface area contributed by atoms with E-state index in [0.29, 0.717) is 12.8 Å². The number of hydrogen-bond acceptors (Lipinski definition) is 11. The molecule has 0 unspecified atom stereocenters. The smallest absolute Gasteiger partial charge is 0.325 e. The SMILES string of the molecule is C[C@H](NC(=O)[C@H](CC(=O)O)NC(=O)[C@H](CCCCN)NC(=O)[C@H](CO)NC(=O)[C@H](C)NC(=O)[C@@H](N)CO)C(=O)O. The van der Waals surface area contributed by atoms with Gasteiger partial charge in [0, 0.05) is 0 Å². The third-order valence-corrected chi connectivity index (χ3v) is 5.42. The number of aliphatic carboxylic acids is 2. The molecule has 18 nitrogen and oxygen atoms in total. The van der Waals surface area contributed by atoms with E-state index < -0.39 is 97.4 Å².